The number of aliphatic hydroxyl groups is 1. The van der Waals surface area contributed by atoms with Crippen LogP contribution in [0.1, 0.15) is 20.8 Å². The Labute approximate surface area is 110 Å². The molecule has 1 spiro atoms. The minimum absolute atomic E-state index is 0.0478. The summed E-state index contributed by atoms with van der Waals surface area (Å²) in [6.45, 7) is 4.52. The van der Waals surface area contributed by atoms with Crippen LogP contribution in [0.2, 0.25) is 0 Å². The summed E-state index contributed by atoms with van der Waals surface area (Å²) in [6.07, 6.45) is 0. The van der Waals surface area contributed by atoms with Gasteiger partial charge in [-0.05, 0) is 6.92 Å². The molecular weight excluding hydrogens is 248 g/mol. The summed E-state index contributed by atoms with van der Waals surface area (Å²) in [7, 11) is 1.40. The first-order chi connectivity index (χ1) is 8.55. The molecule has 0 aromatic rings. The van der Waals surface area contributed by atoms with Gasteiger partial charge in [0, 0.05) is 12.5 Å². The molecule has 7 heteroatoms. The normalized spacial score (nSPS) is 36.9. The molecule has 19 heavy (non-hydrogen) atoms. The maximum absolute atomic E-state index is 12.5. The van der Waals surface area contributed by atoms with E-state index in [1.54, 1.807) is 13.8 Å². The van der Waals surface area contributed by atoms with Crippen molar-refractivity contribution in [2.24, 2.45) is 16.6 Å². The molecule has 1 fully saturated rings. The zero-order valence-electron chi connectivity index (χ0n) is 11.2. The van der Waals surface area contributed by atoms with E-state index in [1.807, 2.05) is 6.07 Å². The number of hydrogen-bond acceptors (Lipinski definition) is 5. The van der Waals surface area contributed by atoms with Gasteiger partial charge < -0.3 is 16.2 Å². The van der Waals surface area contributed by atoms with Crippen LogP contribution in [0.15, 0.2) is 11.4 Å². The van der Waals surface area contributed by atoms with Crippen LogP contribution in [0, 0.1) is 22.2 Å². The van der Waals surface area contributed by atoms with Crippen molar-refractivity contribution in [3.05, 3.63) is 11.4 Å². The minimum atomic E-state index is -1.77. The van der Waals surface area contributed by atoms with E-state index in [4.69, 9.17) is 5.73 Å². The molecule has 2 atom stereocenters. The molecule has 102 valence electrons. The van der Waals surface area contributed by atoms with E-state index in [9.17, 15) is 20.0 Å². The quantitative estimate of drug-likeness (QED) is 0.485. The van der Waals surface area contributed by atoms with E-state index in [1.165, 1.54) is 14.0 Å². The van der Waals surface area contributed by atoms with Gasteiger partial charge in [0.1, 0.15) is 17.6 Å². The van der Waals surface area contributed by atoms with E-state index < -0.39 is 28.4 Å². The molecule has 4 N–H and O–H groups in total. The van der Waals surface area contributed by atoms with Crippen molar-refractivity contribution in [3.8, 4) is 6.07 Å². The lowest BCUT2D eigenvalue weighted by Gasteiger charge is -2.39. The second kappa shape index (κ2) is 3.27. The van der Waals surface area contributed by atoms with Crippen LogP contribution in [0.3, 0.4) is 0 Å². The number of carbonyl (C=O) groups is 2. The number of nitrogens with zero attached hydrogens (tertiary/aromatic N) is 2. The van der Waals surface area contributed by atoms with Gasteiger partial charge in [0.15, 0.2) is 5.41 Å². The monoisotopic (exact) mass is 264 g/mol. The molecule has 0 aliphatic carbocycles. The molecule has 2 rings (SSSR count). The summed E-state index contributed by atoms with van der Waals surface area (Å²) in [4.78, 5) is 25.9. The zero-order valence-corrected chi connectivity index (χ0v) is 11.2. The lowest BCUT2D eigenvalue weighted by atomic mass is 9.60. The second-order valence-corrected chi connectivity index (χ2v) is 5.64. The first kappa shape index (κ1) is 13.4. The highest BCUT2D eigenvalue weighted by atomic mass is 16.3. The van der Waals surface area contributed by atoms with Gasteiger partial charge in [-0.2, -0.15) is 5.26 Å². The molecule has 7 nitrogen and oxygen atoms in total. The van der Waals surface area contributed by atoms with Crippen LogP contribution < -0.4 is 11.1 Å². The van der Waals surface area contributed by atoms with E-state index in [2.05, 4.69) is 5.32 Å². The van der Waals surface area contributed by atoms with Gasteiger partial charge in [0.2, 0.25) is 11.8 Å². The fourth-order valence-corrected chi connectivity index (χ4v) is 2.88. The van der Waals surface area contributed by atoms with Gasteiger partial charge in [-0.3, -0.25) is 14.5 Å². The Bertz CT molecular complexity index is 570. The Hall–Kier alpha value is -2.07. The highest BCUT2D eigenvalue weighted by Gasteiger charge is 2.75. The van der Waals surface area contributed by atoms with Crippen LogP contribution in [0.4, 0.5) is 0 Å². The van der Waals surface area contributed by atoms with Gasteiger partial charge in [-0.15, -0.1) is 0 Å². The summed E-state index contributed by atoms with van der Waals surface area (Å²) in [6, 6.07) is 1.85. The smallest absolute Gasteiger partial charge is 0.249 e. The molecule has 0 aromatic carbocycles. The molecule has 0 saturated carbocycles. The number of nitriles is 1. The van der Waals surface area contributed by atoms with Crippen molar-refractivity contribution >= 4 is 11.8 Å². The fourth-order valence-electron chi connectivity index (χ4n) is 2.88. The summed E-state index contributed by atoms with van der Waals surface area (Å²) in [5.41, 5.74) is 1.03. The zero-order chi connectivity index (χ0) is 14.8. The molecule has 0 radical (unpaired) electrons. The summed E-state index contributed by atoms with van der Waals surface area (Å²) >= 11 is 0. The van der Waals surface area contributed by atoms with Crippen molar-refractivity contribution < 1.29 is 14.7 Å². The Morgan fingerprint density at radius 1 is 1.37 bits per heavy atom. The van der Waals surface area contributed by atoms with Gasteiger partial charge in [-0.1, -0.05) is 13.8 Å². The Balaban J connectivity index is 2.84. The maximum Gasteiger partial charge on any atom is 0.249 e. The molecule has 2 aliphatic rings. The Morgan fingerprint density at radius 2 is 1.89 bits per heavy atom. The van der Waals surface area contributed by atoms with Crippen molar-refractivity contribution in [1.82, 2.24) is 10.2 Å². The molecule has 1 saturated heterocycles. The van der Waals surface area contributed by atoms with E-state index in [0.717, 1.165) is 4.90 Å². The standard InChI is InChI=1S/C12H16N4O3/c1-10(2)11(3,19)15-8(17)12(10)6(5-13)7(14)16(4)9(12)18/h19H,14H2,1-4H3,(H,15,17)/t11-,12-/m0/s1. The summed E-state index contributed by atoms with van der Waals surface area (Å²) < 4.78 is 0. The number of carbonyl (C=O) groups excluding carboxylic acids is 2. The summed E-state index contributed by atoms with van der Waals surface area (Å²) in [5.74, 6) is -1.34. The van der Waals surface area contributed by atoms with Crippen LogP contribution in [-0.4, -0.2) is 34.6 Å². The predicted octanol–water partition coefficient (Wildman–Crippen LogP) is -0.997. The van der Waals surface area contributed by atoms with Crippen molar-refractivity contribution in [2.75, 3.05) is 7.05 Å². The molecule has 0 bridgehead atoms. The van der Waals surface area contributed by atoms with E-state index in [-0.39, 0.29) is 11.4 Å². The third-order valence-corrected chi connectivity index (χ3v) is 4.58. The number of hydrogen-bond donors (Lipinski definition) is 3. The SMILES string of the molecule is CN1C(=O)[C@@]2(C(=O)N[C@@](C)(O)C2(C)C)C(C#N)=C1N. The van der Waals surface area contributed by atoms with Crippen LogP contribution in [-0.2, 0) is 9.59 Å². The molecule has 2 amide bonds. The molecule has 2 aliphatic heterocycles. The Morgan fingerprint density at radius 3 is 2.26 bits per heavy atom. The van der Waals surface area contributed by atoms with Gasteiger partial charge >= 0.3 is 0 Å². The topological polar surface area (TPSA) is 119 Å². The van der Waals surface area contributed by atoms with E-state index >= 15 is 0 Å². The van der Waals surface area contributed by atoms with Crippen molar-refractivity contribution in [3.63, 3.8) is 0 Å². The average molecular weight is 264 g/mol. The number of amides is 2. The highest BCUT2D eigenvalue weighted by Crippen LogP contribution is 2.58. The van der Waals surface area contributed by atoms with Crippen LogP contribution in [0.25, 0.3) is 0 Å². The lowest BCUT2D eigenvalue weighted by Crippen LogP contribution is -2.53. The van der Waals surface area contributed by atoms with Crippen molar-refractivity contribution in [2.45, 2.75) is 26.5 Å². The van der Waals surface area contributed by atoms with E-state index in [0.29, 0.717) is 0 Å². The first-order valence-electron chi connectivity index (χ1n) is 5.79. The fraction of sp³-hybridized carbons (Fsp3) is 0.583. The molecule has 2 heterocycles. The molecule has 0 unspecified atom stereocenters. The van der Waals surface area contributed by atoms with Crippen LogP contribution >= 0.6 is 0 Å². The molecular formula is C12H16N4O3. The third kappa shape index (κ3) is 1.10. The van der Waals surface area contributed by atoms with Crippen molar-refractivity contribution in [1.29, 1.82) is 5.26 Å². The van der Waals surface area contributed by atoms with Crippen LogP contribution in [0.5, 0.6) is 0 Å². The average Bonchev–Trinajstić information content (AvgIpc) is 2.57. The largest absolute Gasteiger partial charge is 0.384 e. The predicted molar refractivity (Wildman–Crippen MR) is 64.6 cm³/mol. The second-order valence-electron chi connectivity index (χ2n) is 5.64. The lowest BCUT2D eigenvalue weighted by molar-refractivity contribution is -0.149. The Kier molecular flexibility index (Phi) is 2.30. The minimum Gasteiger partial charge on any atom is -0.384 e. The van der Waals surface area contributed by atoms with Gasteiger partial charge in [-0.25, -0.2) is 0 Å². The molecule has 0 aromatic heterocycles. The number of rotatable bonds is 0. The maximum atomic E-state index is 12.5. The third-order valence-electron chi connectivity index (χ3n) is 4.58. The highest BCUT2D eigenvalue weighted by molar-refractivity contribution is 6.14. The number of nitrogens with one attached hydrogen (secondary N) is 1. The van der Waals surface area contributed by atoms with Gasteiger partial charge in [0.05, 0.1) is 5.57 Å². The van der Waals surface area contributed by atoms with Gasteiger partial charge in [0.25, 0.3) is 0 Å². The summed E-state index contributed by atoms with van der Waals surface area (Å²) in [5, 5.41) is 22.0. The number of nitrogens with two attached hydrogens (primary N) is 1. The first-order valence-corrected chi connectivity index (χ1v) is 5.79.